The molecule has 118 valence electrons. The van der Waals surface area contributed by atoms with Crippen LogP contribution < -0.4 is 15.6 Å². The Hall–Kier alpha value is -2.89. The number of hydrogen-bond acceptors (Lipinski definition) is 3. The number of hydrazine groups is 1. The SMILES string of the molecule is O=C(Cc1ccc(F)cc1)NNC(=O)[C@H]1Cc2ccccc2O1. The van der Waals surface area contributed by atoms with E-state index in [0.29, 0.717) is 17.7 Å². The first-order valence-electron chi connectivity index (χ1n) is 7.19. The Bertz CT molecular complexity index is 706. The highest BCUT2D eigenvalue weighted by atomic mass is 19.1. The second kappa shape index (κ2) is 6.48. The van der Waals surface area contributed by atoms with Gasteiger partial charge in [0.15, 0.2) is 6.10 Å². The van der Waals surface area contributed by atoms with E-state index in [-0.39, 0.29) is 18.1 Å². The Balaban J connectivity index is 1.48. The molecule has 2 aromatic rings. The van der Waals surface area contributed by atoms with Crippen LogP contribution in [0.4, 0.5) is 4.39 Å². The van der Waals surface area contributed by atoms with Crippen molar-refractivity contribution in [1.29, 1.82) is 0 Å². The molecule has 0 aromatic heterocycles. The number of ether oxygens (including phenoxy) is 1. The van der Waals surface area contributed by atoms with E-state index in [4.69, 9.17) is 4.74 Å². The Morgan fingerprint density at radius 2 is 1.83 bits per heavy atom. The minimum absolute atomic E-state index is 0.0479. The number of halogens is 1. The molecule has 0 bridgehead atoms. The quantitative estimate of drug-likeness (QED) is 0.844. The molecule has 0 radical (unpaired) electrons. The molecule has 0 unspecified atom stereocenters. The van der Waals surface area contributed by atoms with Crippen LogP contribution in [0.25, 0.3) is 0 Å². The number of carbonyl (C=O) groups is 2. The number of para-hydroxylation sites is 1. The van der Waals surface area contributed by atoms with E-state index in [1.165, 1.54) is 24.3 Å². The fourth-order valence-electron chi connectivity index (χ4n) is 2.37. The lowest BCUT2D eigenvalue weighted by Gasteiger charge is -2.12. The standard InChI is InChI=1S/C17H15FN2O3/c18-13-7-5-11(6-8-13)9-16(21)19-20-17(22)15-10-12-3-1-2-4-14(12)23-15/h1-8,15H,9-10H2,(H,19,21)(H,20,22)/t15-/m1/s1. The number of benzene rings is 2. The summed E-state index contributed by atoms with van der Waals surface area (Å²) in [4.78, 5) is 23.8. The van der Waals surface area contributed by atoms with E-state index < -0.39 is 12.0 Å². The van der Waals surface area contributed by atoms with E-state index >= 15 is 0 Å². The minimum atomic E-state index is -0.654. The number of rotatable bonds is 3. The van der Waals surface area contributed by atoms with Gasteiger partial charge in [-0.15, -0.1) is 0 Å². The maximum Gasteiger partial charge on any atom is 0.279 e. The second-order valence-electron chi connectivity index (χ2n) is 5.26. The highest BCUT2D eigenvalue weighted by Gasteiger charge is 2.28. The van der Waals surface area contributed by atoms with Gasteiger partial charge in [-0.1, -0.05) is 30.3 Å². The van der Waals surface area contributed by atoms with Gasteiger partial charge in [-0.3, -0.25) is 20.4 Å². The summed E-state index contributed by atoms with van der Waals surface area (Å²) in [6.07, 6.45) is -0.138. The van der Waals surface area contributed by atoms with Crippen molar-refractivity contribution in [3.8, 4) is 5.75 Å². The molecule has 0 saturated heterocycles. The Morgan fingerprint density at radius 3 is 2.57 bits per heavy atom. The number of amides is 2. The highest BCUT2D eigenvalue weighted by molar-refractivity contribution is 5.86. The van der Waals surface area contributed by atoms with Crippen molar-refractivity contribution in [2.75, 3.05) is 0 Å². The molecule has 1 heterocycles. The molecule has 0 aliphatic carbocycles. The molecule has 2 amide bonds. The minimum Gasteiger partial charge on any atom is -0.480 e. The first-order chi connectivity index (χ1) is 11.1. The van der Waals surface area contributed by atoms with Crippen LogP contribution in [-0.4, -0.2) is 17.9 Å². The summed E-state index contributed by atoms with van der Waals surface area (Å²) in [6, 6.07) is 13.0. The fraction of sp³-hybridized carbons (Fsp3) is 0.176. The average molecular weight is 314 g/mol. The van der Waals surface area contributed by atoms with Crippen molar-refractivity contribution in [3.63, 3.8) is 0 Å². The normalized spacial score (nSPS) is 15.4. The molecule has 6 heteroatoms. The van der Waals surface area contributed by atoms with Crippen LogP contribution in [0.3, 0.4) is 0 Å². The molecule has 5 nitrogen and oxygen atoms in total. The summed E-state index contributed by atoms with van der Waals surface area (Å²) in [5.74, 6) is -0.472. The van der Waals surface area contributed by atoms with Gasteiger partial charge in [0.25, 0.3) is 5.91 Å². The zero-order valence-corrected chi connectivity index (χ0v) is 12.2. The van der Waals surface area contributed by atoms with Crippen LogP contribution in [0.2, 0.25) is 0 Å². The lowest BCUT2D eigenvalue weighted by atomic mass is 10.1. The van der Waals surface area contributed by atoms with Gasteiger partial charge in [-0.2, -0.15) is 0 Å². The van der Waals surface area contributed by atoms with Crippen LogP contribution in [0.1, 0.15) is 11.1 Å². The van der Waals surface area contributed by atoms with Crippen LogP contribution in [0, 0.1) is 5.82 Å². The van der Waals surface area contributed by atoms with Gasteiger partial charge in [-0.05, 0) is 29.3 Å². The maximum atomic E-state index is 12.8. The summed E-state index contributed by atoms with van der Waals surface area (Å²) in [7, 11) is 0. The maximum absolute atomic E-state index is 12.8. The molecule has 3 rings (SSSR count). The topological polar surface area (TPSA) is 67.4 Å². The third kappa shape index (κ3) is 3.66. The largest absolute Gasteiger partial charge is 0.480 e. The summed E-state index contributed by atoms with van der Waals surface area (Å²) in [5, 5.41) is 0. The van der Waals surface area contributed by atoms with Crippen molar-refractivity contribution >= 4 is 11.8 Å². The molecule has 1 aliphatic rings. The van der Waals surface area contributed by atoms with Crippen molar-refractivity contribution < 1.29 is 18.7 Å². The van der Waals surface area contributed by atoms with Crippen molar-refractivity contribution in [2.45, 2.75) is 18.9 Å². The van der Waals surface area contributed by atoms with E-state index in [0.717, 1.165) is 5.56 Å². The lowest BCUT2D eigenvalue weighted by molar-refractivity contribution is -0.132. The van der Waals surface area contributed by atoms with Crippen molar-refractivity contribution in [3.05, 3.63) is 65.5 Å². The predicted octanol–water partition coefficient (Wildman–Crippen LogP) is 1.52. The Kier molecular flexibility index (Phi) is 4.23. The Morgan fingerprint density at radius 1 is 1.09 bits per heavy atom. The Labute approximate surface area is 132 Å². The van der Waals surface area contributed by atoms with Gasteiger partial charge in [0, 0.05) is 6.42 Å². The van der Waals surface area contributed by atoms with Crippen LogP contribution in [-0.2, 0) is 22.4 Å². The molecule has 0 saturated carbocycles. The van der Waals surface area contributed by atoms with E-state index in [1.807, 2.05) is 18.2 Å². The van der Waals surface area contributed by atoms with E-state index in [9.17, 15) is 14.0 Å². The van der Waals surface area contributed by atoms with E-state index in [1.54, 1.807) is 6.07 Å². The fourth-order valence-corrected chi connectivity index (χ4v) is 2.37. The molecular weight excluding hydrogens is 299 g/mol. The summed E-state index contributed by atoms with van der Waals surface area (Å²) < 4.78 is 18.3. The van der Waals surface area contributed by atoms with Crippen LogP contribution in [0.15, 0.2) is 48.5 Å². The van der Waals surface area contributed by atoms with Crippen LogP contribution in [0.5, 0.6) is 5.75 Å². The first kappa shape index (κ1) is 15.0. The van der Waals surface area contributed by atoms with Gasteiger partial charge in [0.05, 0.1) is 6.42 Å². The zero-order valence-electron chi connectivity index (χ0n) is 12.2. The lowest BCUT2D eigenvalue weighted by Crippen LogP contribution is -2.48. The summed E-state index contributed by atoms with van der Waals surface area (Å²) in [6.45, 7) is 0. The molecule has 0 spiro atoms. The molecule has 1 atom stereocenters. The molecule has 2 aromatic carbocycles. The second-order valence-corrected chi connectivity index (χ2v) is 5.26. The molecule has 0 fully saturated rings. The number of nitrogens with one attached hydrogen (secondary N) is 2. The van der Waals surface area contributed by atoms with Gasteiger partial charge in [0.1, 0.15) is 11.6 Å². The smallest absolute Gasteiger partial charge is 0.279 e. The molecular formula is C17H15FN2O3. The third-order valence-corrected chi connectivity index (χ3v) is 3.54. The van der Waals surface area contributed by atoms with E-state index in [2.05, 4.69) is 10.9 Å². The highest BCUT2D eigenvalue weighted by Crippen LogP contribution is 2.27. The van der Waals surface area contributed by atoms with Gasteiger partial charge in [-0.25, -0.2) is 4.39 Å². The zero-order chi connectivity index (χ0) is 16.2. The monoisotopic (exact) mass is 314 g/mol. The van der Waals surface area contributed by atoms with Crippen molar-refractivity contribution in [1.82, 2.24) is 10.9 Å². The molecule has 2 N–H and O–H groups in total. The average Bonchev–Trinajstić information content (AvgIpc) is 2.99. The summed E-state index contributed by atoms with van der Waals surface area (Å²) >= 11 is 0. The predicted molar refractivity (Wildman–Crippen MR) is 81.0 cm³/mol. The van der Waals surface area contributed by atoms with Crippen LogP contribution >= 0.6 is 0 Å². The van der Waals surface area contributed by atoms with Gasteiger partial charge in [0.2, 0.25) is 5.91 Å². The summed E-state index contributed by atoms with van der Waals surface area (Å²) in [5.41, 5.74) is 6.31. The molecule has 1 aliphatic heterocycles. The third-order valence-electron chi connectivity index (χ3n) is 3.54. The van der Waals surface area contributed by atoms with Gasteiger partial charge >= 0.3 is 0 Å². The molecule has 23 heavy (non-hydrogen) atoms. The van der Waals surface area contributed by atoms with Gasteiger partial charge < -0.3 is 4.74 Å². The number of carbonyl (C=O) groups excluding carboxylic acids is 2. The number of fused-ring (bicyclic) bond motifs is 1. The number of hydrogen-bond donors (Lipinski definition) is 2. The first-order valence-corrected chi connectivity index (χ1v) is 7.19. The van der Waals surface area contributed by atoms with Crippen molar-refractivity contribution in [2.24, 2.45) is 0 Å².